The van der Waals surface area contributed by atoms with Crippen molar-refractivity contribution in [2.75, 3.05) is 25.1 Å². The molecule has 0 spiro atoms. The van der Waals surface area contributed by atoms with Crippen LogP contribution in [-0.2, 0) is 9.53 Å². The molecule has 1 aliphatic heterocycles. The molecule has 1 aromatic carbocycles. The van der Waals surface area contributed by atoms with Gasteiger partial charge in [0, 0.05) is 24.3 Å². The van der Waals surface area contributed by atoms with E-state index in [4.69, 9.17) is 15.2 Å². The van der Waals surface area contributed by atoms with Crippen LogP contribution in [0.5, 0.6) is 5.75 Å². The Balaban J connectivity index is 0.00000208. The fourth-order valence-electron chi connectivity index (χ4n) is 3.53. The Labute approximate surface area is 149 Å². The zero-order valence-electron chi connectivity index (χ0n) is 13.9. The van der Waals surface area contributed by atoms with Crippen molar-refractivity contribution in [3.8, 4) is 5.75 Å². The minimum Gasteiger partial charge on any atom is -0.491 e. The van der Waals surface area contributed by atoms with Gasteiger partial charge in [-0.3, -0.25) is 4.79 Å². The third kappa shape index (κ3) is 4.85. The molecule has 6 heteroatoms. The number of carbonyl (C=O) groups is 1. The summed E-state index contributed by atoms with van der Waals surface area (Å²) in [5.74, 6) is 1.19. The summed E-state index contributed by atoms with van der Waals surface area (Å²) >= 11 is 0. The van der Waals surface area contributed by atoms with Crippen LogP contribution in [0.1, 0.15) is 32.1 Å². The molecule has 1 amide bonds. The molecule has 1 saturated carbocycles. The lowest BCUT2D eigenvalue weighted by molar-refractivity contribution is -0.120. The van der Waals surface area contributed by atoms with Gasteiger partial charge in [0.2, 0.25) is 5.91 Å². The third-order valence-corrected chi connectivity index (χ3v) is 4.86. The van der Waals surface area contributed by atoms with Crippen LogP contribution in [0, 0.1) is 11.8 Å². The van der Waals surface area contributed by atoms with E-state index < -0.39 is 0 Å². The van der Waals surface area contributed by atoms with Gasteiger partial charge >= 0.3 is 0 Å². The maximum absolute atomic E-state index is 12.4. The zero-order chi connectivity index (χ0) is 16.1. The van der Waals surface area contributed by atoms with Gasteiger partial charge in [-0.1, -0.05) is 12.5 Å². The Kier molecular flexibility index (Phi) is 7.34. The predicted octanol–water partition coefficient (Wildman–Crippen LogP) is 2.98. The molecular weight excluding hydrogens is 328 g/mol. The summed E-state index contributed by atoms with van der Waals surface area (Å²) in [6, 6.07) is 7.57. The highest BCUT2D eigenvalue weighted by Gasteiger charge is 2.31. The molecule has 1 aliphatic carbocycles. The fourth-order valence-corrected chi connectivity index (χ4v) is 3.53. The first kappa shape index (κ1) is 19.0. The first-order valence-electron chi connectivity index (χ1n) is 8.61. The average molecular weight is 355 g/mol. The Morgan fingerprint density at radius 3 is 2.92 bits per heavy atom. The third-order valence-electron chi connectivity index (χ3n) is 4.86. The molecule has 1 saturated heterocycles. The summed E-state index contributed by atoms with van der Waals surface area (Å²) in [5.41, 5.74) is 6.55. The SMILES string of the molecule is Cl.NC[C@H]1CCC[C@H]1C(=O)Nc1cccc(OCC2CCCO2)c1. The van der Waals surface area contributed by atoms with E-state index in [1.165, 1.54) is 0 Å². The minimum atomic E-state index is 0. The number of benzene rings is 1. The molecule has 0 aromatic heterocycles. The predicted molar refractivity (Wildman–Crippen MR) is 96.7 cm³/mol. The number of halogens is 1. The standard InChI is InChI=1S/C18H26N2O3.ClH/c19-11-13-4-1-8-17(13)18(21)20-14-5-2-6-15(10-14)23-12-16-7-3-9-22-16;/h2,5-6,10,13,16-17H,1,3-4,7-9,11-12,19H2,(H,20,21);1H/t13-,16?,17-;/m1./s1. The number of rotatable bonds is 6. The van der Waals surface area contributed by atoms with E-state index in [-0.39, 0.29) is 30.3 Å². The number of amides is 1. The van der Waals surface area contributed by atoms with E-state index in [2.05, 4.69) is 5.32 Å². The number of hydrogen-bond acceptors (Lipinski definition) is 4. The van der Waals surface area contributed by atoms with Gasteiger partial charge in [0.05, 0.1) is 6.10 Å². The van der Waals surface area contributed by atoms with Crippen molar-refractivity contribution in [1.29, 1.82) is 0 Å². The van der Waals surface area contributed by atoms with Crippen molar-refractivity contribution in [2.45, 2.75) is 38.2 Å². The van der Waals surface area contributed by atoms with Crippen LogP contribution >= 0.6 is 12.4 Å². The molecule has 2 aliphatic rings. The molecular formula is C18H27ClN2O3. The van der Waals surface area contributed by atoms with E-state index in [0.717, 1.165) is 50.1 Å². The first-order chi connectivity index (χ1) is 11.3. The monoisotopic (exact) mass is 354 g/mol. The lowest BCUT2D eigenvalue weighted by atomic mass is 9.95. The van der Waals surface area contributed by atoms with Crippen LogP contribution in [0.15, 0.2) is 24.3 Å². The van der Waals surface area contributed by atoms with Gasteiger partial charge in [0.1, 0.15) is 12.4 Å². The molecule has 1 heterocycles. The van der Waals surface area contributed by atoms with Crippen molar-refractivity contribution >= 4 is 24.0 Å². The summed E-state index contributed by atoms with van der Waals surface area (Å²) in [6.45, 7) is 1.98. The molecule has 2 fully saturated rings. The largest absolute Gasteiger partial charge is 0.491 e. The van der Waals surface area contributed by atoms with E-state index in [9.17, 15) is 4.79 Å². The first-order valence-corrected chi connectivity index (χ1v) is 8.61. The highest BCUT2D eigenvalue weighted by Crippen LogP contribution is 2.32. The summed E-state index contributed by atoms with van der Waals surface area (Å²) < 4.78 is 11.3. The van der Waals surface area contributed by atoms with E-state index >= 15 is 0 Å². The highest BCUT2D eigenvalue weighted by molar-refractivity contribution is 5.93. The molecule has 1 unspecified atom stereocenters. The highest BCUT2D eigenvalue weighted by atomic mass is 35.5. The van der Waals surface area contributed by atoms with E-state index in [1.807, 2.05) is 24.3 Å². The molecule has 0 radical (unpaired) electrons. The summed E-state index contributed by atoms with van der Waals surface area (Å²) in [6.07, 6.45) is 5.43. The Hall–Kier alpha value is -1.30. The van der Waals surface area contributed by atoms with Gasteiger partial charge in [-0.15, -0.1) is 12.4 Å². The molecule has 0 bridgehead atoms. The van der Waals surface area contributed by atoms with Crippen molar-refractivity contribution in [3.05, 3.63) is 24.3 Å². The average Bonchev–Trinajstić information content (AvgIpc) is 3.24. The van der Waals surface area contributed by atoms with E-state index in [0.29, 0.717) is 19.1 Å². The molecule has 3 atom stereocenters. The number of ether oxygens (including phenoxy) is 2. The second kappa shape index (κ2) is 9.25. The smallest absolute Gasteiger partial charge is 0.227 e. The van der Waals surface area contributed by atoms with Crippen molar-refractivity contribution in [3.63, 3.8) is 0 Å². The number of carbonyl (C=O) groups excluding carboxylic acids is 1. The van der Waals surface area contributed by atoms with Crippen LogP contribution in [0.3, 0.4) is 0 Å². The van der Waals surface area contributed by atoms with Crippen LogP contribution in [0.2, 0.25) is 0 Å². The Morgan fingerprint density at radius 2 is 2.17 bits per heavy atom. The fraction of sp³-hybridized carbons (Fsp3) is 0.611. The second-order valence-electron chi connectivity index (χ2n) is 6.50. The normalized spacial score (nSPS) is 26.0. The number of nitrogens with two attached hydrogens (primary N) is 1. The molecule has 5 nitrogen and oxygen atoms in total. The van der Waals surface area contributed by atoms with E-state index in [1.54, 1.807) is 0 Å². The number of anilines is 1. The van der Waals surface area contributed by atoms with Gasteiger partial charge in [-0.2, -0.15) is 0 Å². The van der Waals surface area contributed by atoms with Gasteiger partial charge in [-0.25, -0.2) is 0 Å². The summed E-state index contributed by atoms with van der Waals surface area (Å²) in [5, 5.41) is 3.01. The van der Waals surface area contributed by atoms with Crippen LogP contribution < -0.4 is 15.8 Å². The molecule has 24 heavy (non-hydrogen) atoms. The summed E-state index contributed by atoms with van der Waals surface area (Å²) in [4.78, 5) is 12.4. The Bertz CT molecular complexity index is 535. The number of hydrogen-bond donors (Lipinski definition) is 2. The lowest BCUT2D eigenvalue weighted by Gasteiger charge is -2.18. The van der Waals surface area contributed by atoms with Gasteiger partial charge in [-0.05, 0) is 50.3 Å². The second-order valence-corrected chi connectivity index (χ2v) is 6.50. The quantitative estimate of drug-likeness (QED) is 0.823. The minimum absolute atomic E-state index is 0. The summed E-state index contributed by atoms with van der Waals surface area (Å²) in [7, 11) is 0. The zero-order valence-corrected chi connectivity index (χ0v) is 14.7. The molecule has 134 valence electrons. The van der Waals surface area contributed by atoms with Crippen molar-refractivity contribution in [2.24, 2.45) is 17.6 Å². The van der Waals surface area contributed by atoms with Gasteiger partial charge < -0.3 is 20.5 Å². The topological polar surface area (TPSA) is 73.6 Å². The van der Waals surface area contributed by atoms with Crippen LogP contribution in [-0.4, -0.2) is 31.8 Å². The van der Waals surface area contributed by atoms with Crippen molar-refractivity contribution in [1.82, 2.24) is 0 Å². The van der Waals surface area contributed by atoms with Crippen LogP contribution in [0.4, 0.5) is 5.69 Å². The van der Waals surface area contributed by atoms with Crippen LogP contribution in [0.25, 0.3) is 0 Å². The maximum Gasteiger partial charge on any atom is 0.227 e. The van der Waals surface area contributed by atoms with Gasteiger partial charge in [0.25, 0.3) is 0 Å². The van der Waals surface area contributed by atoms with Crippen molar-refractivity contribution < 1.29 is 14.3 Å². The lowest BCUT2D eigenvalue weighted by Crippen LogP contribution is -2.29. The molecule has 3 N–H and O–H groups in total. The maximum atomic E-state index is 12.4. The van der Waals surface area contributed by atoms with Gasteiger partial charge in [0.15, 0.2) is 0 Å². The molecule has 1 aromatic rings. The Morgan fingerprint density at radius 1 is 1.29 bits per heavy atom. The molecule has 3 rings (SSSR count). The number of nitrogens with one attached hydrogen (secondary N) is 1.